The molecule has 2 N–H and O–H groups in total. The maximum absolute atomic E-state index is 12.9. The second-order valence-electron chi connectivity index (χ2n) is 3.28. The van der Waals surface area contributed by atoms with E-state index in [1.54, 1.807) is 16.9 Å². The van der Waals surface area contributed by atoms with Gasteiger partial charge in [0.05, 0.1) is 12.7 Å². The Kier molecular flexibility index (Phi) is 3.31. The van der Waals surface area contributed by atoms with Crippen LogP contribution in [0.5, 0.6) is 0 Å². The van der Waals surface area contributed by atoms with Crippen LogP contribution >= 0.6 is 15.9 Å². The molecule has 0 aliphatic carbocycles. The molecule has 0 bridgehead atoms. The van der Waals surface area contributed by atoms with Crippen molar-refractivity contribution in [2.75, 3.05) is 6.54 Å². The van der Waals surface area contributed by atoms with Gasteiger partial charge in [-0.25, -0.2) is 4.39 Å². The molecule has 0 saturated heterocycles. The maximum atomic E-state index is 12.9. The van der Waals surface area contributed by atoms with E-state index in [-0.39, 0.29) is 5.82 Å². The van der Waals surface area contributed by atoms with Crippen LogP contribution in [0.25, 0.3) is 11.3 Å². The highest BCUT2D eigenvalue weighted by atomic mass is 79.9. The van der Waals surface area contributed by atoms with Crippen LogP contribution in [0, 0.1) is 5.82 Å². The zero-order chi connectivity index (χ0) is 11.5. The lowest BCUT2D eigenvalue weighted by Crippen LogP contribution is -2.10. The topological polar surface area (TPSA) is 56.7 Å². The fraction of sp³-hybridized carbons (Fsp3) is 0.200. The zero-order valence-corrected chi connectivity index (χ0v) is 9.98. The second kappa shape index (κ2) is 4.71. The average Bonchev–Trinajstić information content (AvgIpc) is 2.67. The SMILES string of the molecule is NCCn1cc(-c2ccc(F)cc2Br)nn1. The first-order valence-corrected chi connectivity index (χ1v) is 5.55. The van der Waals surface area contributed by atoms with Crippen LogP contribution in [0.4, 0.5) is 4.39 Å². The molecule has 0 amide bonds. The number of rotatable bonds is 3. The van der Waals surface area contributed by atoms with Crippen molar-refractivity contribution in [1.29, 1.82) is 0 Å². The van der Waals surface area contributed by atoms with Crippen LogP contribution in [0.2, 0.25) is 0 Å². The summed E-state index contributed by atoms with van der Waals surface area (Å²) < 4.78 is 15.2. The molecule has 0 unspecified atom stereocenters. The highest BCUT2D eigenvalue weighted by Gasteiger charge is 2.08. The second-order valence-corrected chi connectivity index (χ2v) is 4.13. The first-order valence-electron chi connectivity index (χ1n) is 4.76. The van der Waals surface area contributed by atoms with E-state index in [0.29, 0.717) is 23.3 Å². The summed E-state index contributed by atoms with van der Waals surface area (Å²) in [5, 5.41) is 7.92. The van der Waals surface area contributed by atoms with Gasteiger partial charge in [0.1, 0.15) is 11.5 Å². The highest BCUT2D eigenvalue weighted by Crippen LogP contribution is 2.26. The molecule has 0 radical (unpaired) electrons. The third-order valence-corrected chi connectivity index (χ3v) is 2.76. The lowest BCUT2D eigenvalue weighted by molar-refractivity contribution is 0.598. The third-order valence-electron chi connectivity index (χ3n) is 2.10. The van der Waals surface area contributed by atoms with Gasteiger partial charge in [-0.3, -0.25) is 4.68 Å². The highest BCUT2D eigenvalue weighted by molar-refractivity contribution is 9.10. The number of benzene rings is 1. The van der Waals surface area contributed by atoms with Gasteiger partial charge in [-0.15, -0.1) is 5.10 Å². The van der Waals surface area contributed by atoms with E-state index in [1.165, 1.54) is 12.1 Å². The average molecular weight is 285 g/mol. The summed E-state index contributed by atoms with van der Waals surface area (Å²) in [6.07, 6.45) is 1.78. The van der Waals surface area contributed by atoms with E-state index in [2.05, 4.69) is 26.2 Å². The maximum Gasteiger partial charge on any atom is 0.124 e. The molecular formula is C10H10BrFN4. The van der Waals surface area contributed by atoms with Gasteiger partial charge in [0.2, 0.25) is 0 Å². The molecule has 0 saturated carbocycles. The number of halogens is 2. The number of nitrogens with zero attached hydrogens (tertiary/aromatic N) is 3. The normalized spacial score (nSPS) is 10.7. The Bertz CT molecular complexity index is 497. The molecule has 4 nitrogen and oxygen atoms in total. The Morgan fingerprint density at radius 1 is 1.44 bits per heavy atom. The summed E-state index contributed by atoms with van der Waals surface area (Å²) in [6, 6.07) is 4.45. The van der Waals surface area contributed by atoms with Crippen molar-refractivity contribution in [3.63, 3.8) is 0 Å². The van der Waals surface area contributed by atoms with Gasteiger partial charge in [-0.1, -0.05) is 5.21 Å². The minimum absolute atomic E-state index is 0.287. The predicted molar refractivity (Wildman–Crippen MR) is 62.2 cm³/mol. The van der Waals surface area contributed by atoms with Crippen LogP contribution in [-0.2, 0) is 6.54 Å². The number of hydrogen-bond donors (Lipinski definition) is 1. The Balaban J connectivity index is 2.35. The van der Waals surface area contributed by atoms with E-state index in [1.807, 2.05) is 0 Å². The molecule has 16 heavy (non-hydrogen) atoms. The summed E-state index contributed by atoms with van der Waals surface area (Å²) in [4.78, 5) is 0. The molecule has 2 rings (SSSR count). The number of hydrogen-bond acceptors (Lipinski definition) is 3. The van der Waals surface area contributed by atoms with Gasteiger partial charge in [0.15, 0.2) is 0 Å². The standard InChI is InChI=1S/C10H10BrFN4/c11-9-5-7(12)1-2-8(9)10-6-16(4-3-13)15-14-10/h1-2,5-6H,3-4,13H2. The van der Waals surface area contributed by atoms with Gasteiger partial charge >= 0.3 is 0 Å². The number of nitrogens with two attached hydrogens (primary N) is 1. The quantitative estimate of drug-likeness (QED) is 0.935. The van der Waals surface area contributed by atoms with E-state index < -0.39 is 0 Å². The molecule has 0 fully saturated rings. The van der Waals surface area contributed by atoms with Gasteiger partial charge in [0, 0.05) is 16.6 Å². The summed E-state index contributed by atoms with van der Waals surface area (Å²) in [5.74, 6) is -0.287. The van der Waals surface area contributed by atoms with Crippen molar-refractivity contribution in [2.45, 2.75) is 6.54 Å². The van der Waals surface area contributed by atoms with Crippen LogP contribution in [-0.4, -0.2) is 21.5 Å². The lowest BCUT2D eigenvalue weighted by Gasteiger charge is -1.99. The Morgan fingerprint density at radius 2 is 2.25 bits per heavy atom. The molecule has 1 heterocycles. The predicted octanol–water partition coefficient (Wildman–Crippen LogP) is 1.81. The van der Waals surface area contributed by atoms with Gasteiger partial charge < -0.3 is 5.73 Å². The molecule has 6 heteroatoms. The lowest BCUT2D eigenvalue weighted by atomic mass is 10.2. The molecule has 1 aromatic heterocycles. The van der Waals surface area contributed by atoms with Gasteiger partial charge in [0.25, 0.3) is 0 Å². The van der Waals surface area contributed by atoms with E-state index in [4.69, 9.17) is 5.73 Å². The van der Waals surface area contributed by atoms with Crippen LogP contribution < -0.4 is 5.73 Å². The van der Waals surface area contributed by atoms with Crippen molar-refractivity contribution in [3.05, 3.63) is 34.7 Å². The van der Waals surface area contributed by atoms with Gasteiger partial charge in [-0.05, 0) is 34.1 Å². The first kappa shape index (κ1) is 11.2. The summed E-state index contributed by atoms with van der Waals surface area (Å²) in [7, 11) is 0. The molecule has 0 atom stereocenters. The van der Waals surface area contributed by atoms with Crippen molar-refractivity contribution in [3.8, 4) is 11.3 Å². The molecule has 0 aliphatic heterocycles. The zero-order valence-electron chi connectivity index (χ0n) is 8.40. The van der Waals surface area contributed by atoms with Crippen LogP contribution in [0.3, 0.4) is 0 Å². The Morgan fingerprint density at radius 3 is 2.94 bits per heavy atom. The Labute approximate surface area is 100 Å². The van der Waals surface area contributed by atoms with Crippen molar-refractivity contribution in [1.82, 2.24) is 15.0 Å². The molecule has 84 valence electrons. The van der Waals surface area contributed by atoms with Crippen molar-refractivity contribution in [2.24, 2.45) is 5.73 Å². The van der Waals surface area contributed by atoms with Crippen LogP contribution in [0.1, 0.15) is 0 Å². The monoisotopic (exact) mass is 284 g/mol. The summed E-state index contributed by atoms with van der Waals surface area (Å²) in [6.45, 7) is 1.12. The fourth-order valence-corrected chi connectivity index (χ4v) is 1.91. The summed E-state index contributed by atoms with van der Waals surface area (Å²) in [5.41, 5.74) is 6.92. The molecule has 2 aromatic rings. The Hall–Kier alpha value is -1.27. The van der Waals surface area contributed by atoms with Gasteiger partial charge in [-0.2, -0.15) is 0 Å². The van der Waals surface area contributed by atoms with Crippen LogP contribution in [0.15, 0.2) is 28.9 Å². The van der Waals surface area contributed by atoms with E-state index >= 15 is 0 Å². The summed E-state index contributed by atoms with van der Waals surface area (Å²) >= 11 is 3.29. The molecule has 0 aliphatic rings. The largest absolute Gasteiger partial charge is 0.329 e. The van der Waals surface area contributed by atoms with Crippen molar-refractivity contribution < 1.29 is 4.39 Å². The third kappa shape index (κ3) is 2.28. The molecule has 0 spiro atoms. The van der Waals surface area contributed by atoms with E-state index in [9.17, 15) is 4.39 Å². The minimum atomic E-state index is -0.287. The fourth-order valence-electron chi connectivity index (χ4n) is 1.36. The van der Waals surface area contributed by atoms with Crippen molar-refractivity contribution >= 4 is 15.9 Å². The van der Waals surface area contributed by atoms with E-state index in [0.717, 1.165) is 5.56 Å². The smallest absolute Gasteiger partial charge is 0.124 e. The molecular weight excluding hydrogens is 275 g/mol. The molecule has 1 aromatic carbocycles. The minimum Gasteiger partial charge on any atom is -0.329 e. The first-order chi connectivity index (χ1) is 7.70. The number of aromatic nitrogens is 3.